The number of thiol groups is 1. The van der Waals surface area contributed by atoms with Crippen molar-refractivity contribution in [1.29, 1.82) is 0 Å². The second-order valence-corrected chi connectivity index (χ2v) is 4.03. The number of benzene rings is 1. The highest BCUT2D eigenvalue weighted by Gasteiger charge is 2.14. The topological polar surface area (TPSA) is 21.3 Å². The van der Waals surface area contributed by atoms with Crippen LogP contribution in [-0.2, 0) is 17.8 Å². The molecule has 14 heavy (non-hydrogen) atoms. The molecule has 0 saturated heterocycles. The molecular weight excluding hydrogens is 194 g/mol. The molecule has 1 heterocycles. The van der Waals surface area contributed by atoms with E-state index in [-0.39, 0.29) is 0 Å². The SMILES string of the molecule is COCc1c(S)ccc2c1CCCN2. The van der Waals surface area contributed by atoms with Gasteiger partial charge in [0.2, 0.25) is 0 Å². The Bertz CT molecular complexity index is 338. The fourth-order valence-electron chi connectivity index (χ4n) is 1.93. The van der Waals surface area contributed by atoms with Crippen molar-refractivity contribution < 1.29 is 4.74 Å². The van der Waals surface area contributed by atoms with E-state index in [4.69, 9.17) is 4.74 Å². The van der Waals surface area contributed by atoms with Crippen molar-refractivity contribution in [3.8, 4) is 0 Å². The number of rotatable bonds is 2. The summed E-state index contributed by atoms with van der Waals surface area (Å²) in [7, 11) is 1.73. The van der Waals surface area contributed by atoms with Gasteiger partial charge in [0.15, 0.2) is 0 Å². The second kappa shape index (κ2) is 4.24. The van der Waals surface area contributed by atoms with Gasteiger partial charge in [0.05, 0.1) is 6.61 Å². The number of hydrogen-bond donors (Lipinski definition) is 2. The lowest BCUT2D eigenvalue weighted by atomic mass is 9.98. The van der Waals surface area contributed by atoms with Gasteiger partial charge in [-0.2, -0.15) is 0 Å². The summed E-state index contributed by atoms with van der Waals surface area (Å²) in [6, 6.07) is 4.14. The lowest BCUT2D eigenvalue weighted by Gasteiger charge is -2.22. The zero-order chi connectivity index (χ0) is 9.97. The molecule has 3 heteroatoms. The third-order valence-corrected chi connectivity index (χ3v) is 3.03. The smallest absolute Gasteiger partial charge is 0.0727 e. The molecule has 0 amide bonds. The Morgan fingerprint density at radius 2 is 2.36 bits per heavy atom. The van der Waals surface area contributed by atoms with Gasteiger partial charge in [-0.15, -0.1) is 12.6 Å². The van der Waals surface area contributed by atoms with E-state index in [2.05, 4.69) is 24.0 Å². The van der Waals surface area contributed by atoms with Crippen molar-refractivity contribution >= 4 is 18.3 Å². The largest absolute Gasteiger partial charge is 0.385 e. The summed E-state index contributed by atoms with van der Waals surface area (Å²) in [6.07, 6.45) is 2.33. The van der Waals surface area contributed by atoms with Crippen LogP contribution >= 0.6 is 12.6 Å². The molecule has 76 valence electrons. The van der Waals surface area contributed by atoms with Crippen molar-refractivity contribution in [2.24, 2.45) is 0 Å². The van der Waals surface area contributed by atoms with Crippen LogP contribution in [0.25, 0.3) is 0 Å². The minimum absolute atomic E-state index is 0.656. The van der Waals surface area contributed by atoms with E-state index < -0.39 is 0 Å². The van der Waals surface area contributed by atoms with Crippen LogP contribution in [0.2, 0.25) is 0 Å². The van der Waals surface area contributed by atoms with Crippen molar-refractivity contribution in [3.63, 3.8) is 0 Å². The first-order valence-electron chi connectivity index (χ1n) is 4.89. The molecule has 0 radical (unpaired) electrons. The predicted octanol–water partition coefficient (Wildman–Crippen LogP) is 2.48. The molecule has 2 nitrogen and oxygen atoms in total. The van der Waals surface area contributed by atoms with Crippen molar-refractivity contribution in [1.82, 2.24) is 0 Å². The van der Waals surface area contributed by atoms with Gasteiger partial charge in [-0.05, 0) is 36.1 Å². The first-order valence-corrected chi connectivity index (χ1v) is 5.34. The van der Waals surface area contributed by atoms with Gasteiger partial charge in [-0.3, -0.25) is 0 Å². The van der Waals surface area contributed by atoms with Crippen LogP contribution in [0.3, 0.4) is 0 Å². The van der Waals surface area contributed by atoms with Crippen LogP contribution in [0, 0.1) is 0 Å². The highest BCUT2D eigenvalue weighted by atomic mass is 32.1. The van der Waals surface area contributed by atoms with Crippen LogP contribution in [0.4, 0.5) is 5.69 Å². The normalized spacial score (nSPS) is 14.7. The van der Waals surface area contributed by atoms with Gasteiger partial charge < -0.3 is 10.1 Å². The minimum atomic E-state index is 0.656. The van der Waals surface area contributed by atoms with Gasteiger partial charge in [0, 0.05) is 24.2 Å². The Labute approximate surface area is 90.1 Å². The molecule has 0 saturated carbocycles. The van der Waals surface area contributed by atoms with E-state index in [9.17, 15) is 0 Å². The summed E-state index contributed by atoms with van der Waals surface area (Å²) in [6.45, 7) is 1.73. The summed E-state index contributed by atoms with van der Waals surface area (Å²) in [4.78, 5) is 1.04. The van der Waals surface area contributed by atoms with Crippen LogP contribution in [0.15, 0.2) is 17.0 Å². The zero-order valence-corrected chi connectivity index (χ0v) is 9.23. The summed E-state index contributed by atoms with van der Waals surface area (Å²) in [5.74, 6) is 0. The fraction of sp³-hybridized carbons (Fsp3) is 0.455. The Balaban J connectivity index is 2.43. The summed E-state index contributed by atoms with van der Waals surface area (Å²) in [5, 5.41) is 3.40. The molecule has 0 atom stereocenters. The summed E-state index contributed by atoms with van der Waals surface area (Å²) in [5.41, 5.74) is 3.87. The third kappa shape index (κ3) is 1.74. The van der Waals surface area contributed by atoms with Crippen molar-refractivity contribution in [2.45, 2.75) is 24.3 Å². The molecule has 0 unspecified atom stereocenters. The zero-order valence-electron chi connectivity index (χ0n) is 8.34. The van der Waals surface area contributed by atoms with E-state index in [1.807, 2.05) is 6.07 Å². The molecule has 0 aromatic heterocycles. The van der Waals surface area contributed by atoms with Gasteiger partial charge >= 0.3 is 0 Å². The monoisotopic (exact) mass is 209 g/mol. The molecular formula is C11H15NOS. The quantitative estimate of drug-likeness (QED) is 0.730. The molecule has 1 aromatic rings. The summed E-state index contributed by atoms with van der Waals surface area (Å²) < 4.78 is 5.20. The Kier molecular flexibility index (Phi) is 2.99. The minimum Gasteiger partial charge on any atom is -0.385 e. The highest BCUT2D eigenvalue weighted by molar-refractivity contribution is 7.80. The molecule has 0 bridgehead atoms. The van der Waals surface area contributed by atoms with Gasteiger partial charge in [0.25, 0.3) is 0 Å². The molecule has 0 fully saturated rings. The molecule has 1 aromatic carbocycles. The Morgan fingerprint density at radius 1 is 1.50 bits per heavy atom. The molecule has 0 aliphatic carbocycles. The fourth-order valence-corrected chi connectivity index (χ4v) is 2.20. The Morgan fingerprint density at radius 3 is 3.14 bits per heavy atom. The standard InChI is InChI=1S/C11H15NOS/c1-13-7-9-8-3-2-6-12-10(8)4-5-11(9)14/h4-5,12,14H,2-3,6-7H2,1H3. The Hall–Kier alpha value is -0.670. The van der Waals surface area contributed by atoms with Crippen molar-refractivity contribution in [3.05, 3.63) is 23.3 Å². The number of methoxy groups -OCH3 is 1. The average Bonchev–Trinajstić information content (AvgIpc) is 2.23. The van der Waals surface area contributed by atoms with Gasteiger partial charge in [0.1, 0.15) is 0 Å². The number of nitrogens with one attached hydrogen (secondary N) is 1. The average molecular weight is 209 g/mol. The third-order valence-electron chi connectivity index (χ3n) is 2.61. The molecule has 1 aliphatic rings. The molecule has 2 rings (SSSR count). The number of ether oxygens (including phenoxy) is 1. The maximum absolute atomic E-state index is 5.20. The first kappa shape index (κ1) is 9.87. The van der Waals surface area contributed by atoms with E-state index >= 15 is 0 Å². The second-order valence-electron chi connectivity index (χ2n) is 3.55. The van der Waals surface area contributed by atoms with E-state index in [1.165, 1.54) is 23.2 Å². The molecule has 1 aliphatic heterocycles. The van der Waals surface area contributed by atoms with E-state index in [0.29, 0.717) is 6.61 Å². The van der Waals surface area contributed by atoms with Crippen molar-refractivity contribution in [2.75, 3.05) is 19.0 Å². The van der Waals surface area contributed by atoms with Crippen LogP contribution in [0.1, 0.15) is 17.5 Å². The maximum atomic E-state index is 5.20. The number of anilines is 1. The molecule has 1 N–H and O–H groups in total. The lowest BCUT2D eigenvalue weighted by Crippen LogP contribution is -2.14. The van der Waals surface area contributed by atoms with E-state index in [0.717, 1.165) is 17.9 Å². The lowest BCUT2D eigenvalue weighted by molar-refractivity contribution is 0.182. The van der Waals surface area contributed by atoms with Gasteiger partial charge in [-0.25, -0.2) is 0 Å². The first-order chi connectivity index (χ1) is 6.83. The molecule has 0 spiro atoms. The van der Waals surface area contributed by atoms with Crippen LogP contribution in [0.5, 0.6) is 0 Å². The summed E-state index contributed by atoms with van der Waals surface area (Å²) >= 11 is 4.46. The van der Waals surface area contributed by atoms with Gasteiger partial charge in [-0.1, -0.05) is 0 Å². The maximum Gasteiger partial charge on any atom is 0.0727 e. The number of fused-ring (bicyclic) bond motifs is 1. The highest BCUT2D eigenvalue weighted by Crippen LogP contribution is 2.30. The van der Waals surface area contributed by atoms with Crippen LogP contribution < -0.4 is 5.32 Å². The predicted molar refractivity (Wildman–Crippen MR) is 61.2 cm³/mol. The van der Waals surface area contributed by atoms with Crippen LogP contribution in [-0.4, -0.2) is 13.7 Å². The number of hydrogen-bond acceptors (Lipinski definition) is 3. The van der Waals surface area contributed by atoms with E-state index in [1.54, 1.807) is 7.11 Å².